The largest absolute Gasteiger partial charge is 0.744 e. The van der Waals surface area contributed by atoms with E-state index in [0.717, 1.165) is 5.56 Å². The Morgan fingerprint density at radius 3 is 2.43 bits per heavy atom. The number of carboxylic acids is 1. The highest BCUT2D eigenvalue weighted by molar-refractivity contribution is 5.94. The van der Waals surface area contributed by atoms with Crippen LogP contribution in [0.4, 0.5) is 4.79 Å². The quantitative estimate of drug-likeness (QED) is 0.0350. The standard InChI is InChI=1S/C27H40N9O10/c28-26(35-36(44)45)29-14-6-10-20(25(41)42)34-24(40)18(33-22(38)15-31-23(39)19-11-12-21(37)32-19)9-4-5-13-30-27(43)46-16-17-7-2-1-3-8-17/h1-3,7-8,18-20,44H,4-6,9-16H2,(H,30,43)(H,31,39)(H,32,37)(H,33,38)(H,34,40)(H,41,42)(H3,28,29,35)/q-1/t18-,19+,20-/m0/s1. The Morgan fingerprint density at radius 2 is 1.78 bits per heavy atom. The second-order valence-electron chi connectivity index (χ2n) is 10.2. The van der Waals surface area contributed by atoms with E-state index in [0.29, 0.717) is 12.8 Å². The molecule has 1 heterocycles. The van der Waals surface area contributed by atoms with Crippen LogP contribution in [0.25, 0.3) is 0 Å². The molecule has 5 amide bonds. The molecule has 0 bridgehead atoms. The molecule has 1 aromatic rings. The van der Waals surface area contributed by atoms with Crippen molar-refractivity contribution in [3.8, 4) is 0 Å². The number of nitrogens with zero attached hydrogens (tertiary/aromatic N) is 2. The fourth-order valence-electron chi connectivity index (χ4n) is 4.21. The van der Waals surface area contributed by atoms with Gasteiger partial charge in [0.1, 0.15) is 24.7 Å². The number of carbonyl (C=O) groups excluding carboxylic acids is 5. The fourth-order valence-corrected chi connectivity index (χ4v) is 4.21. The van der Waals surface area contributed by atoms with Crippen LogP contribution in [0.3, 0.4) is 0 Å². The molecular formula is C27H40N9O10-. The topological polar surface area (TPSA) is 289 Å². The van der Waals surface area contributed by atoms with Crippen molar-refractivity contribution in [2.45, 2.75) is 69.7 Å². The van der Waals surface area contributed by atoms with E-state index in [4.69, 9.17) is 15.7 Å². The highest BCUT2D eigenvalue weighted by Crippen LogP contribution is 2.07. The number of nitrogens with two attached hydrogens (primary N) is 1. The highest BCUT2D eigenvalue weighted by atomic mass is 16.8. The molecule has 0 unspecified atom stereocenters. The van der Waals surface area contributed by atoms with Gasteiger partial charge in [-0.1, -0.05) is 30.3 Å². The monoisotopic (exact) mass is 650 g/mol. The predicted octanol–water partition coefficient (Wildman–Crippen LogP) is -1.68. The molecule has 1 aliphatic rings. The number of guanidine groups is 1. The van der Waals surface area contributed by atoms with Crippen molar-refractivity contribution in [1.29, 1.82) is 0 Å². The van der Waals surface area contributed by atoms with Crippen LogP contribution in [0, 0.1) is 5.21 Å². The van der Waals surface area contributed by atoms with E-state index in [1.165, 1.54) is 0 Å². The van der Waals surface area contributed by atoms with Crippen molar-refractivity contribution >= 4 is 41.7 Å². The third kappa shape index (κ3) is 15.1. The average molecular weight is 651 g/mol. The minimum atomic E-state index is -1.36. The molecule has 2 rings (SSSR count). The van der Waals surface area contributed by atoms with Crippen LogP contribution in [0.5, 0.6) is 0 Å². The number of aliphatic imine (C=N–C) groups is 1. The molecule has 0 aromatic heterocycles. The van der Waals surface area contributed by atoms with Gasteiger partial charge in [-0.05, 0) is 44.1 Å². The summed E-state index contributed by atoms with van der Waals surface area (Å²) in [6, 6.07) is 5.77. The molecule has 19 heteroatoms. The van der Waals surface area contributed by atoms with Crippen LogP contribution in [0.15, 0.2) is 35.3 Å². The fraction of sp³-hybridized carbons (Fsp3) is 0.519. The Kier molecular flexibility index (Phi) is 16.2. The first-order chi connectivity index (χ1) is 21.9. The molecule has 0 radical (unpaired) electrons. The third-order valence-electron chi connectivity index (χ3n) is 6.55. The van der Waals surface area contributed by atoms with Gasteiger partial charge in [-0.15, -0.1) is 0 Å². The van der Waals surface area contributed by atoms with Crippen LogP contribution >= 0.6 is 0 Å². The number of carbonyl (C=O) groups is 6. The lowest BCUT2D eigenvalue weighted by molar-refractivity contribution is -0.142. The number of carboxylic acid groups (broad SMARTS) is 1. The Bertz CT molecular complexity index is 1220. The maximum atomic E-state index is 13.1. The lowest BCUT2D eigenvalue weighted by Crippen LogP contribution is -2.53. The summed E-state index contributed by atoms with van der Waals surface area (Å²) in [5.74, 6) is -4.10. The zero-order valence-corrected chi connectivity index (χ0v) is 25.0. The molecule has 1 aromatic carbocycles. The zero-order valence-electron chi connectivity index (χ0n) is 25.0. The smallest absolute Gasteiger partial charge is 0.407 e. The van der Waals surface area contributed by atoms with Gasteiger partial charge in [-0.3, -0.25) is 29.6 Å². The minimum Gasteiger partial charge on any atom is -0.744 e. The lowest BCUT2D eigenvalue weighted by Gasteiger charge is -2.22. The van der Waals surface area contributed by atoms with Crippen LogP contribution in [-0.4, -0.2) is 95.1 Å². The number of hydrazine groups is 1. The average Bonchev–Trinajstić information content (AvgIpc) is 3.45. The number of rotatable bonds is 19. The number of nitrogens with one attached hydrogen (secondary N) is 6. The van der Waals surface area contributed by atoms with Gasteiger partial charge in [0.15, 0.2) is 0 Å². The van der Waals surface area contributed by atoms with Gasteiger partial charge in [-0.25, -0.2) is 9.59 Å². The third-order valence-corrected chi connectivity index (χ3v) is 6.55. The molecule has 1 aliphatic heterocycles. The second kappa shape index (κ2) is 20.1. The number of alkyl carbamates (subject to hydrolysis) is 1. The summed E-state index contributed by atoms with van der Waals surface area (Å²) in [5, 5.41) is 40.3. The number of aliphatic carboxylic acids is 1. The SMILES string of the molecule is NC(=NCCC[C@H](NC(=O)[C@H](CCCCNC(=O)OCc1ccccc1)NC(=O)CNC(=O)[C@H]1CCC(=O)N1)C(=O)O)NN([O-])O. The molecule has 1 fully saturated rings. The number of ether oxygens (including phenoxy) is 1. The summed E-state index contributed by atoms with van der Waals surface area (Å²) in [4.78, 5) is 76.8. The summed E-state index contributed by atoms with van der Waals surface area (Å²) in [6.45, 7) is -0.230. The Morgan fingerprint density at radius 1 is 1.07 bits per heavy atom. The van der Waals surface area contributed by atoms with Gasteiger partial charge in [0.25, 0.3) is 0 Å². The number of amides is 5. The Balaban J connectivity index is 1.89. The number of hydrogen-bond acceptors (Lipinski definition) is 11. The first-order valence-electron chi connectivity index (χ1n) is 14.5. The minimum absolute atomic E-state index is 0.0333. The van der Waals surface area contributed by atoms with Crippen molar-refractivity contribution in [2.75, 3.05) is 19.6 Å². The van der Waals surface area contributed by atoms with E-state index < -0.39 is 65.7 Å². The van der Waals surface area contributed by atoms with Crippen LogP contribution < -0.4 is 37.7 Å². The van der Waals surface area contributed by atoms with E-state index in [-0.39, 0.29) is 57.7 Å². The van der Waals surface area contributed by atoms with E-state index in [1.807, 2.05) is 30.3 Å². The van der Waals surface area contributed by atoms with Gasteiger partial charge in [-0.2, -0.15) is 5.34 Å². The molecule has 0 aliphatic carbocycles. The Labute approximate surface area is 264 Å². The number of unbranched alkanes of at least 4 members (excludes halogenated alkanes) is 1. The van der Waals surface area contributed by atoms with Crippen molar-refractivity contribution in [1.82, 2.24) is 37.3 Å². The first-order valence-corrected chi connectivity index (χ1v) is 14.5. The maximum absolute atomic E-state index is 13.1. The normalized spacial score (nSPS) is 15.7. The molecule has 254 valence electrons. The summed E-state index contributed by atoms with van der Waals surface area (Å²) >= 11 is 0. The van der Waals surface area contributed by atoms with Gasteiger partial charge in [0, 0.05) is 19.5 Å². The molecule has 0 spiro atoms. The first kappa shape index (κ1) is 37.2. The van der Waals surface area contributed by atoms with Crippen molar-refractivity contribution < 1.29 is 43.8 Å². The molecule has 10 N–H and O–H groups in total. The van der Waals surface area contributed by atoms with E-state index in [9.17, 15) is 39.1 Å². The molecule has 0 saturated carbocycles. The maximum Gasteiger partial charge on any atom is 0.407 e. The molecular weight excluding hydrogens is 610 g/mol. The number of benzene rings is 1. The van der Waals surface area contributed by atoms with E-state index in [2.05, 4.69) is 31.6 Å². The van der Waals surface area contributed by atoms with Crippen LogP contribution in [0.1, 0.15) is 50.5 Å². The molecule has 1 saturated heterocycles. The summed E-state index contributed by atoms with van der Waals surface area (Å²) in [6.07, 6.45) is 0.669. The van der Waals surface area contributed by atoms with Crippen LogP contribution in [0.2, 0.25) is 0 Å². The highest BCUT2D eigenvalue weighted by Gasteiger charge is 2.29. The van der Waals surface area contributed by atoms with Gasteiger partial charge in [0.05, 0.1) is 6.54 Å². The van der Waals surface area contributed by atoms with Gasteiger partial charge in [0.2, 0.25) is 29.6 Å². The lowest BCUT2D eigenvalue weighted by atomic mass is 10.1. The van der Waals surface area contributed by atoms with Crippen molar-refractivity contribution in [3.05, 3.63) is 41.1 Å². The summed E-state index contributed by atoms with van der Waals surface area (Å²) < 4.78 is 5.14. The second-order valence-corrected chi connectivity index (χ2v) is 10.2. The van der Waals surface area contributed by atoms with Crippen molar-refractivity contribution in [3.63, 3.8) is 0 Å². The van der Waals surface area contributed by atoms with E-state index >= 15 is 0 Å². The molecule has 3 atom stereocenters. The van der Waals surface area contributed by atoms with Crippen LogP contribution in [-0.2, 0) is 35.3 Å². The number of hydrogen-bond donors (Lipinski definition) is 9. The van der Waals surface area contributed by atoms with Crippen molar-refractivity contribution in [2.24, 2.45) is 10.7 Å². The van der Waals surface area contributed by atoms with Gasteiger partial charge >= 0.3 is 12.1 Å². The zero-order chi connectivity index (χ0) is 33.9. The molecule has 19 nitrogen and oxygen atoms in total. The predicted molar refractivity (Wildman–Crippen MR) is 160 cm³/mol. The Hall–Kier alpha value is -5.01. The molecule has 46 heavy (non-hydrogen) atoms. The van der Waals surface area contributed by atoms with E-state index in [1.54, 1.807) is 5.43 Å². The van der Waals surface area contributed by atoms with Gasteiger partial charge < -0.3 is 52.6 Å². The summed E-state index contributed by atoms with van der Waals surface area (Å²) in [7, 11) is 0. The summed E-state index contributed by atoms with van der Waals surface area (Å²) in [5.41, 5.74) is 7.94.